The second-order valence-corrected chi connectivity index (χ2v) is 7.69. The molecule has 3 aromatic rings. The molecule has 0 unspecified atom stereocenters. The Bertz CT molecular complexity index is 1020. The second-order valence-electron chi connectivity index (χ2n) is 5.86. The molecule has 0 aromatic carbocycles. The number of H-pyrrole nitrogens is 1. The highest BCUT2D eigenvalue weighted by Gasteiger charge is 2.13. The predicted octanol–water partition coefficient (Wildman–Crippen LogP) is 3.91. The first kappa shape index (κ1) is 18.7. The lowest BCUT2D eigenvalue weighted by molar-refractivity contribution is 0.715. The van der Waals surface area contributed by atoms with Crippen LogP contribution in [0.2, 0.25) is 0 Å². The van der Waals surface area contributed by atoms with E-state index in [1.165, 1.54) is 6.42 Å². The molecular formula is C17H18Br2N6O. The number of imidazole rings is 1. The summed E-state index contributed by atoms with van der Waals surface area (Å²) in [6.45, 7) is 0. The van der Waals surface area contributed by atoms with Gasteiger partial charge in [0.25, 0.3) is 0 Å². The van der Waals surface area contributed by atoms with Crippen LogP contribution in [-0.2, 0) is 0 Å². The molecule has 0 atom stereocenters. The van der Waals surface area contributed by atoms with Crippen molar-refractivity contribution in [2.45, 2.75) is 25.7 Å². The normalized spacial score (nSPS) is 13.8. The number of allylic oxidation sites excluding steroid dienone is 2. The Labute approximate surface area is 166 Å². The van der Waals surface area contributed by atoms with Gasteiger partial charge in [0.2, 0.25) is 0 Å². The van der Waals surface area contributed by atoms with E-state index in [4.69, 9.17) is 11.5 Å². The van der Waals surface area contributed by atoms with Gasteiger partial charge in [0, 0.05) is 27.0 Å². The number of hydrogen-bond donors (Lipinski definition) is 3. The van der Waals surface area contributed by atoms with Gasteiger partial charge >= 0.3 is 5.69 Å². The third-order valence-electron chi connectivity index (χ3n) is 3.96. The molecule has 0 saturated carbocycles. The van der Waals surface area contributed by atoms with E-state index < -0.39 is 0 Å². The van der Waals surface area contributed by atoms with Gasteiger partial charge in [-0.15, -0.1) is 0 Å². The van der Waals surface area contributed by atoms with Crippen molar-refractivity contribution in [2.75, 3.05) is 11.5 Å². The van der Waals surface area contributed by atoms with Crippen LogP contribution in [0.5, 0.6) is 0 Å². The highest BCUT2D eigenvalue weighted by molar-refractivity contribution is 9.10. The van der Waals surface area contributed by atoms with Crippen LogP contribution in [0.25, 0.3) is 16.9 Å². The first-order chi connectivity index (χ1) is 12.5. The number of halogens is 2. The fourth-order valence-corrected chi connectivity index (χ4v) is 3.41. The topological polar surface area (TPSA) is 116 Å². The molecule has 0 bridgehead atoms. The summed E-state index contributed by atoms with van der Waals surface area (Å²) in [4.78, 5) is 22.9. The zero-order chi connectivity index (χ0) is 18.7. The average Bonchev–Trinajstić information content (AvgIpc) is 2.94. The number of pyridine rings is 2. The Morgan fingerprint density at radius 2 is 1.81 bits per heavy atom. The van der Waals surface area contributed by atoms with Gasteiger partial charge in [-0.05, 0) is 69.7 Å². The molecule has 1 aliphatic carbocycles. The minimum Gasteiger partial charge on any atom is -0.396 e. The van der Waals surface area contributed by atoms with E-state index in [2.05, 4.69) is 52.9 Å². The number of rotatable bonds is 1. The highest BCUT2D eigenvalue weighted by Crippen LogP contribution is 2.23. The van der Waals surface area contributed by atoms with E-state index in [1.54, 1.807) is 23.0 Å². The van der Waals surface area contributed by atoms with Crippen molar-refractivity contribution in [2.24, 2.45) is 0 Å². The standard InChI is InChI=1S/C12H12BrN3O.C5H6BrN3/c13-8-6-10-11(14-7-8)16(12(17)15-10)9-4-2-1-3-5-9;6-3-1-4(7)5(8)9-2-3/h4,6-7H,1-3,5H2,(H,15,17);1-2H,7H2,(H2,8,9). The Kier molecular flexibility index (Phi) is 5.77. The van der Waals surface area contributed by atoms with Gasteiger partial charge in [0.15, 0.2) is 5.65 Å². The largest absolute Gasteiger partial charge is 0.396 e. The molecule has 0 fully saturated rings. The van der Waals surface area contributed by atoms with Crippen LogP contribution < -0.4 is 17.2 Å². The summed E-state index contributed by atoms with van der Waals surface area (Å²) in [7, 11) is 0. The Morgan fingerprint density at radius 3 is 2.46 bits per heavy atom. The lowest BCUT2D eigenvalue weighted by atomic mass is 10.0. The molecule has 0 spiro atoms. The number of aromatic amines is 1. The second kappa shape index (κ2) is 8.05. The van der Waals surface area contributed by atoms with Crippen LogP contribution >= 0.6 is 31.9 Å². The molecule has 0 saturated heterocycles. The fourth-order valence-electron chi connectivity index (χ4n) is 2.73. The van der Waals surface area contributed by atoms with Crippen LogP contribution in [0, 0.1) is 0 Å². The summed E-state index contributed by atoms with van der Waals surface area (Å²) in [6.07, 6.45) is 9.81. The Morgan fingerprint density at radius 1 is 1.08 bits per heavy atom. The molecule has 26 heavy (non-hydrogen) atoms. The third-order valence-corrected chi connectivity index (χ3v) is 4.83. The van der Waals surface area contributed by atoms with Crippen LogP contribution in [0.1, 0.15) is 25.7 Å². The minimum absolute atomic E-state index is 0.0984. The summed E-state index contributed by atoms with van der Waals surface area (Å²) >= 11 is 6.55. The molecule has 9 heteroatoms. The van der Waals surface area contributed by atoms with E-state index >= 15 is 0 Å². The predicted molar refractivity (Wildman–Crippen MR) is 112 cm³/mol. The van der Waals surface area contributed by atoms with Crippen molar-refractivity contribution in [3.63, 3.8) is 0 Å². The average molecular weight is 482 g/mol. The maximum Gasteiger partial charge on any atom is 0.332 e. The minimum atomic E-state index is -0.0984. The Hall–Kier alpha value is -2.13. The van der Waals surface area contributed by atoms with Crippen molar-refractivity contribution in [1.29, 1.82) is 0 Å². The molecule has 7 nitrogen and oxygen atoms in total. The zero-order valence-electron chi connectivity index (χ0n) is 13.9. The molecule has 3 aromatic heterocycles. The first-order valence-corrected chi connectivity index (χ1v) is 9.66. The monoisotopic (exact) mass is 480 g/mol. The summed E-state index contributed by atoms with van der Waals surface area (Å²) in [5.74, 6) is 0.373. The van der Waals surface area contributed by atoms with Crippen molar-refractivity contribution in [3.8, 4) is 0 Å². The van der Waals surface area contributed by atoms with E-state index in [0.717, 1.165) is 39.4 Å². The Balaban J connectivity index is 0.000000185. The van der Waals surface area contributed by atoms with Gasteiger partial charge < -0.3 is 16.5 Å². The molecule has 4 rings (SSSR count). The van der Waals surface area contributed by atoms with Gasteiger partial charge in [0.1, 0.15) is 5.82 Å². The highest BCUT2D eigenvalue weighted by atomic mass is 79.9. The van der Waals surface area contributed by atoms with Crippen molar-refractivity contribution in [3.05, 3.63) is 50.0 Å². The molecule has 0 aliphatic heterocycles. The number of hydrogen-bond acceptors (Lipinski definition) is 5. The van der Waals surface area contributed by atoms with Crippen molar-refractivity contribution < 1.29 is 0 Å². The third kappa shape index (κ3) is 4.16. The van der Waals surface area contributed by atoms with Gasteiger partial charge in [-0.1, -0.05) is 6.08 Å². The van der Waals surface area contributed by atoms with Crippen molar-refractivity contribution >= 4 is 60.2 Å². The van der Waals surface area contributed by atoms with Crippen LogP contribution in [0.4, 0.5) is 11.5 Å². The molecule has 0 amide bonds. The van der Waals surface area contributed by atoms with Crippen LogP contribution in [0.15, 0.2) is 44.3 Å². The maximum absolute atomic E-state index is 12.0. The lowest BCUT2D eigenvalue weighted by Crippen LogP contribution is -2.17. The van der Waals surface area contributed by atoms with Gasteiger partial charge in [-0.3, -0.25) is 0 Å². The van der Waals surface area contributed by atoms with Crippen LogP contribution in [0.3, 0.4) is 0 Å². The van der Waals surface area contributed by atoms with Crippen LogP contribution in [-0.4, -0.2) is 19.5 Å². The number of fused-ring (bicyclic) bond motifs is 1. The van der Waals surface area contributed by atoms with Gasteiger partial charge in [-0.25, -0.2) is 19.3 Å². The number of anilines is 2. The quantitative estimate of drug-likeness (QED) is 0.487. The SMILES string of the molecule is Nc1cc(Br)cnc1N.O=c1[nH]c2cc(Br)cnc2n1C1=CCCCC1. The summed E-state index contributed by atoms with van der Waals surface area (Å²) in [5.41, 5.74) is 13.7. The fraction of sp³-hybridized carbons (Fsp3) is 0.235. The van der Waals surface area contributed by atoms with E-state index in [9.17, 15) is 4.79 Å². The molecular weight excluding hydrogens is 464 g/mol. The van der Waals surface area contributed by atoms with Gasteiger partial charge in [0.05, 0.1) is 11.2 Å². The van der Waals surface area contributed by atoms with Gasteiger partial charge in [-0.2, -0.15) is 0 Å². The summed E-state index contributed by atoms with van der Waals surface area (Å²) in [5, 5.41) is 0. The van der Waals surface area contributed by atoms with Crippen molar-refractivity contribution in [1.82, 2.24) is 19.5 Å². The zero-order valence-corrected chi connectivity index (χ0v) is 17.0. The first-order valence-electron chi connectivity index (χ1n) is 8.08. The number of nitrogens with zero attached hydrogens (tertiary/aromatic N) is 3. The lowest BCUT2D eigenvalue weighted by Gasteiger charge is -2.12. The van der Waals surface area contributed by atoms with E-state index in [0.29, 0.717) is 17.2 Å². The van der Waals surface area contributed by atoms with E-state index in [-0.39, 0.29) is 5.69 Å². The molecule has 0 radical (unpaired) electrons. The number of nitrogen functional groups attached to an aromatic ring is 2. The number of aromatic nitrogens is 4. The summed E-state index contributed by atoms with van der Waals surface area (Å²) < 4.78 is 3.41. The molecule has 5 N–H and O–H groups in total. The molecule has 136 valence electrons. The number of nitrogens with two attached hydrogens (primary N) is 2. The van der Waals surface area contributed by atoms with E-state index in [1.807, 2.05) is 6.07 Å². The number of nitrogens with one attached hydrogen (secondary N) is 1. The maximum atomic E-state index is 12.0. The smallest absolute Gasteiger partial charge is 0.332 e. The molecule has 3 heterocycles. The summed E-state index contributed by atoms with van der Waals surface area (Å²) in [6, 6.07) is 3.59. The molecule has 1 aliphatic rings.